The molecule has 2 aromatic rings. The number of hydrogen-bond donors (Lipinski definition) is 6. The van der Waals surface area contributed by atoms with Crippen LogP contribution in [-0.4, -0.2) is 70.4 Å². The van der Waals surface area contributed by atoms with Crippen LogP contribution < -0.4 is 16.4 Å². The third-order valence-corrected chi connectivity index (χ3v) is 17.8. The number of aromatic hydroxyl groups is 1. The number of carbonyl (C=O) groups is 2. The van der Waals surface area contributed by atoms with Gasteiger partial charge in [-0.15, -0.1) is 0 Å². The summed E-state index contributed by atoms with van der Waals surface area (Å²) in [6, 6.07) is 13.8. The van der Waals surface area contributed by atoms with Crippen molar-refractivity contribution in [3.63, 3.8) is 0 Å². The monoisotopic (exact) mass is 824 g/mol. The van der Waals surface area contributed by atoms with E-state index >= 15 is 0 Å². The normalized spacial score (nSPS) is 39.8. The van der Waals surface area contributed by atoms with Gasteiger partial charge < -0.3 is 36.4 Å². The highest BCUT2D eigenvalue weighted by Crippen LogP contribution is 2.75. The van der Waals surface area contributed by atoms with Gasteiger partial charge in [0.15, 0.2) is 5.78 Å². The lowest BCUT2D eigenvalue weighted by molar-refractivity contribution is -0.193. The van der Waals surface area contributed by atoms with Crippen molar-refractivity contribution in [2.24, 2.45) is 45.3 Å². The van der Waals surface area contributed by atoms with Crippen LogP contribution in [0.5, 0.6) is 5.75 Å². The first kappa shape index (κ1) is 43.6. The average Bonchev–Trinajstić information content (AvgIpc) is 3.47. The number of hydrogen-bond acceptors (Lipinski definition) is 9. The number of ketones is 2. The van der Waals surface area contributed by atoms with E-state index in [0.717, 1.165) is 60.9 Å². The first-order chi connectivity index (χ1) is 28.2. The Morgan fingerprint density at radius 2 is 1.70 bits per heavy atom. The number of nitrogens with one attached hydrogen (secondary N) is 2. The third-order valence-electron chi connectivity index (χ3n) is 17.8. The Kier molecular flexibility index (Phi) is 11.1. The first-order valence-corrected chi connectivity index (χ1v) is 23.1. The number of aliphatic hydroxyl groups is 2. The molecule has 0 spiro atoms. The zero-order chi connectivity index (χ0) is 43.3. The lowest BCUT2D eigenvalue weighted by atomic mass is 9.34. The van der Waals surface area contributed by atoms with Gasteiger partial charge in [-0.2, -0.15) is 0 Å². The molecule has 8 rings (SSSR count). The number of anilines is 1. The molecule has 0 unspecified atom stereocenters. The number of rotatable bonds is 12. The van der Waals surface area contributed by atoms with E-state index in [1.807, 2.05) is 19.2 Å². The molecule has 7 N–H and O–H groups in total. The number of aliphatic hydroxyl groups excluding tert-OH is 2. The smallest absolute Gasteiger partial charge is 0.159 e. The highest BCUT2D eigenvalue weighted by Gasteiger charge is 2.71. The predicted molar refractivity (Wildman–Crippen MR) is 236 cm³/mol. The van der Waals surface area contributed by atoms with E-state index in [-0.39, 0.29) is 64.0 Å². The number of phenolic OH excluding ortho intramolecular Hbond substituents is 1. The summed E-state index contributed by atoms with van der Waals surface area (Å²) in [7, 11) is 1.88. The number of nitrogen functional groups attached to an aromatic ring is 1. The van der Waals surface area contributed by atoms with E-state index < -0.39 is 28.6 Å². The second-order valence-electron chi connectivity index (χ2n) is 21.9. The summed E-state index contributed by atoms with van der Waals surface area (Å²) in [5, 5.41) is 40.4. The second-order valence-corrected chi connectivity index (χ2v) is 21.9. The molecule has 1 aliphatic heterocycles. The fourth-order valence-electron chi connectivity index (χ4n) is 15.3. The first-order valence-electron chi connectivity index (χ1n) is 23.1. The number of ether oxygens (including phenoxy) is 1. The number of epoxide rings is 1. The van der Waals surface area contributed by atoms with Gasteiger partial charge in [0, 0.05) is 48.0 Å². The molecule has 0 amide bonds. The van der Waals surface area contributed by atoms with Crippen molar-refractivity contribution >= 4 is 17.3 Å². The van der Waals surface area contributed by atoms with E-state index in [0.29, 0.717) is 44.2 Å². The molecule has 9 nitrogen and oxygen atoms in total. The van der Waals surface area contributed by atoms with Crippen LogP contribution in [0.1, 0.15) is 142 Å². The van der Waals surface area contributed by atoms with Gasteiger partial charge in [0.1, 0.15) is 17.6 Å². The summed E-state index contributed by atoms with van der Waals surface area (Å²) in [6.45, 7) is 18.6. The van der Waals surface area contributed by atoms with E-state index in [1.165, 1.54) is 11.1 Å². The molecule has 0 aromatic heterocycles. The van der Waals surface area contributed by atoms with Crippen molar-refractivity contribution in [1.82, 2.24) is 10.6 Å². The maximum absolute atomic E-state index is 14.8. The largest absolute Gasteiger partial charge is 0.508 e. The van der Waals surface area contributed by atoms with Crippen molar-refractivity contribution in [2.75, 3.05) is 19.3 Å². The highest BCUT2D eigenvalue weighted by atomic mass is 16.6. The SMILES string of the molecule is CNCc1cc(O)cc([C@@H]2C[C@@]3(C)[C@H]4CCC5=C([C@H](C)C[C@@H](O)[C@H]6O[C@]6(C)[C@@H]6CCC[C@H]6c6cccc(N)c6)C(=O)C[C@]5(C)[C@@]4(C)C[C@H](NC[C@H](C)O)[C@H]3C(C)(C)C2=O)c1. The number of carbonyl (C=O) groups excluding carboxylic acids is 2. The molecule has 2 aromatic carbocycles. The third kappa shape index (κ3) is 6.83. The summed E-state index contributed by atoms with van der Waals surface area (Å²) >= 11 is 0. The van der Waals surface area contributed by atoms with Gasteiger partial charge >= 0.3 is 0 Å². The Hall–Kier alpha value is -3.08. The van der Waals surface area contributed by atoms with Gasteiger partial charge in [0.2, 0.25) is 0 Å². The van der Waals surface area contributed by atoms with E-state index in [2.05, 4.69) is 77.3 Å². The number of phenols is 1. The number of benzene rings is 2. The Morgan fingerprint density at radius 3 is 2.40 bits per heavy atom. The average molecular weight is 824 g/mol. The van der Waals surface area contributed by atoms with Crippen molar-refractivity contribution in [2.45, 2.75) is 162 Å². The van der Waals surface area contributed by atoms with Gasteiger partial charge in [-0.3, -0.25) is 9.59 Å². The number of nitrogens with two attached hydrogens (primary N) is 1. The topological polar surface area (TPSA) is 157 Å². The fourth-order valence-corrected chi connectivity index (χ4v) is 15.3. The zero-order valence-electron chi connectivity index (χ0n) is 37.7. The van der Waals surface area contributed by atoms with Crippen molar-refractivity contribution in [3.8, 4) is 5.75 Å². The molecule has 1 heterocycles. The van der Waals surface area contributed by atoms with Crippen LogP contribution in [-0.2, 0) is 20.9 Å². The molecule has 328 valence electrons. The van der Waals surface area contributed by atoms with Gasteiger partial charge in [-0.25, -0.2) is 0 Å². The summed E-state index contributed by atoms with van der Waals surface area (Å²) in [4.78, 5) is 29.4. The van der Waals surface area contributed by atoms with E-state index in [9.17, 15) is 24.9 Å². The number of allylic oxidation sites excluding steroid dienone is 2. The van der Waals surface area contributed by atoms with E-state index in [1.54, 1.807) is 19.1 Å². The molecule has 5 aliphatic carbocycles. The Balaban J connectivity index is 1.09. The highest BCUT2D eigenvalue weighted by molar-refractivity contribution is 6.00. The maximum atomic E-state index is 14.8. The summed E-state index contributed by atoms with van der Waals surface area (Å²) in [5.74, 6) is 0.980. The van der Waals surface area contributed by atoms with Crippen molar-refractivity contribution in [1.29, 1.82) is 0 Å². The molecule has 6 aliphatic rings. The molecular weight excluding hydrogens is 751 g/mol. The minimum absolute atomic E-state index is 0.00556. The number of Topliss-reactive ketones (excluding diaryl/α,β-unsaturated/α-hetero) is 2. The van der Waals surface area contributed by atoms with Crippen LogP contribution in [0, 0.1) is 45.3 Å². The van der Waals surface area contributed by atoms with Crippen LogP contribution in [0.15, 0.2) is 53.6 Å². The quantitative estimate of drug-likeness (QED) is 0.0924. The Labute approximate surface area is 358 Å². The molecule has 60 heavy (non-hydrogen) atoms. The summed E-state index contributed by atoms with van der Waals surface area (Å²) in [6.07, 6.45) is 5.91. The lowest BCUT2D eigenvalue weighted by Crippen LogP contribution is -2.69. The second kappa shape index (κ2) is 15.3. The molecule has 5 fully saturated rings. The van der Waals surface area contributed by atoms with Crippen molar-refractivity contribution < 1.29 is 29.6 Å². The molecular formula is C51H73N3O6. The minimum atomic E-state index is -0.686. The van der Waals surface area contributed by atoms with Gasteiger partial charge in [-0.05, 0) is 153 Å². The van der Waals surface area contributed by atoms with Gasteiger partial charge in [0.05, 0.1) is 17.8 Å². The van der Waals surface area contributed by atoms with Crippen LogP contribution in [0.3, 0.4) is 0 Å². The molecule has 1 saturated heterocycles. The maximum Gasteiger partial charge on any atom is 0.159 e. The molecule has 0 radical (unpaired) electrons. The van der Waals surface area contributed by atoms with E-state index in [4.69, 9.17) is 10.5 Å². The van der Waals surface area contributed by atoms with Gasteiger partial charge in [-0.1, -0.05) is 71.7 Å². The standard InChI is InChI=1S/C51H73N3O6/c1-28(18-40(57)46-51(8,60-46)37-15-11-14-35(37)31-12-10-13-33(52)21-31)43-38-16-17-42-48(5)23-36(32-19-30(27-53-9)20-34(56)22-32)45(59)47(3,4)44(48)39(54-26-29(2)55)24-50(42,7)49(38,6)25-41(43)58/h10,12-13,19-22,28-29,35-37,39-40,42,44,46,53-57H,11,14-18,23-27,52H2,1-9H3/t28-,29+,35+,36+,37-,39+,40-,42-,44+,46-,48+,49+,50+,51-/m1/s1. The molecule has 4 saturated carbocycles. The molecule has 9 heteroatoms. The fraction of sp³-hybridized carbons (Fsp3) is 0.686. The lowest BCUT2D eigenvalue weighted by Gasteiger charge is -2.70. The van der Waals surface area contributed by atoms with Crippen molar-refractivity contribution in [3.05, 3.63) is 70.3 Å². The van der Waals surface area contributed by atoms with Crippen LogP contribution in [0.2, 0.25) is 0 Å². The molecule has 14 atom stereocenters. The molecule has 0 bridgehead atoms. The Morgan fingerprint density at radius 1 is 0.950 bits per heavy atom. The Bertz CT molecular complexity index is 2050. The number of fused-ring (bicyclic) bond motifs is 5. The summed E-state index contributed by atoms with van der Waals surface area (Å²) in [5.41, 5.74) is 10.2. The minimum Gasteiger partial charge on any atom is -0.508 e. The summed E-state index contributed by atoms with van der Waals surface area (Å²) < 4.78 is 6.49. The van der Waals surface area contributed by atoms with Crippen LogP contribution in [0.25, 0.3) is 0 Å². The van der Waals surface area contributed by atoms with Crippen LogP contribution >= 0.6 is 0 Å². The van der Waals surface area contributed by atoms with Crippen LogP contribution in [0.4, 0.5) is 5.69 Å². The predicted octanol–water partition coefficient (Wildman–Crippen LogP) is 7.96. The zero-order valence-corrected chi connectivity index (χ0v) is 37.7. The van der Waals surface area contributed by atoms with Gasteiger partial charge in [0.25, 0.3) is 0 Å².